The highest BCUT2D eigenvalue weighted by atomic mass is 32.2. The lowest BCUT2D eigenvalue weighted by Gasteiger charge is -2.35. The van der Waals surface area contributed by atoms with Gasteiger partial charge in [0.1, 0.15) is 5.82 Å². The van der Waals surface area contributed by atoms with Crippen LogP contribution in [0.25, 0.3) is 11.4 Å². The van der Waals surface area contributed by atoms with Crippen LogP contribution in [0.15, 0.2) is 59.5 Å². The van der Waals surface area contributed by atoms with Gasteiger partial charge in [0.05, 0.1) is 4.90 Å². The van der Waals surface area contributed by atoms with Crippen LogP contribution in [-0.2, 0) is 10.0 Å². The van der Waals surface area contributed by atoms with E-state index in [4.69, 9.17) is 4.98 Å². The monoisotopic (exact) mass is 422 g/mol. The fourth-order valence-electron chi connectivity index (χ4n) is 3.72. The number of nitrogens with zero attached hydrogens (tertiary/aromatic N) is 4. The van der Waals surface area contributed by atoms with Crippen molar-refractivity contribution in [1.29, 1.82) is 0 Å². The largest absolute Gasteiger partial charge is 0.354 e. The Morgan fingerprint density at radius 3 is 2.20 bits per heavy atom. The summed E-state index contributed by atoms with van der Waals surface area (Å²) in [6.45, 7) is 8.12. The van der Waals surface area contributed by atoms with Gasteiger partial charge in [0.15, 0.2) is 5.82 Å². The summed E-state index contributed by atoms with van der Waals surface area (Å²) in [5, 5.41) is 0. The van der Waals surface area contributed by atoms with Crippen molar-refractivity contribution >= 4 is 15.8 Å². The lowest BCUT2D eigenvalue weighted by atomic mass is 10.1. The van der Waals surface area contributed by atoms with E-state index in [-0.39, 0.29) is 0 Å². The molecule has 156 valence electrons. The summed E-state index contributed by atoms with van der Waals surface area (Å²) in [7, 11) is -3.47. The third-order valence-electron chi connectivity index (χ3n) is 5.56. The van der Waals surface area contributed by atoms with E-state index in [0.717, 1.165) is 28.2 Å². The highest BCUT2D eigenvalue weighted by molar-refractivity contribution is 7.89. The molecule has 0 bridgehead atoms. The molecule has 1 saturated heterocycles. The predicted molar refractivity (Wildman–Crippen MR) is 119 cm³/mol. The van der Waals surface area contributed by atoms with Crippen molar-refractivity contribution in [2.45, 2.75) is 25.7 Å². The van der Waals surface area contributed by atoms with Gasteiger partial charge in [0, 0.05) is 43.0 Å². The van der Waals surface area contributed by atoms with Crippen LogP contribution < -0.4 is 4.90 Å². The molecule has 30 heavy (non-hydrogen) atoms. The van der Waals surface area contributed by atoms with Crippen LogP contribution in [0.4, 0.5) is 5.82 Å². The minimum Gasteiger partial charge on any atom is -0.354 e. The lowest BCUT2D eigenvalue weighted by molar-refractivity contribution is 0.383. The molecular formula is C23H26N4O2S. The Morgan fingerprint density at radius 1 is 0.833 bits per heavy atom. The van der Waals surface area contributed by atoms with Crippen LogP contribution in [0, 0.1) is 20.8 Å². The van der Waals surface area contributed by atoms with Crippen LogP contribution in [0.1, 0.15) is 16.8 Å². The Balaban J connectivity index is 1.58. The molecule has 0 amide bonds. The molecule has 0 saturated carbocycles. The van der Waals surface area contributed by atoms with E-state index < -0.39 is 10.0 Å². The maximum absolute atomic E-state index is 12.9. The second-order valence-electron chi connectivity index (χ2n) is 7.65. The molecule has 1 aromatic heterocycles. The van der Waals surface area contributed by atoms with Gasteiger partial charge in [-0.1, -0.05) is 42.0 Å². The highest BCUT2D eigenvalue weighted by Gasteiger charge is 2.29. The second-order valence-corrected chi connectivity index (χ2v) is 9.59. The van der Waals surface area contributed by atoms with Crippen LogP contribution >= 0.6 is 0 Å². The first-order valence-electron chi connectivity index (χ1n) is 10.1. The number of hydrogen-bond acceptors (Lipinski definition) is 5. The molecule has 1 aliphatic heterocycles. The van der Waals surface area contributed by atoms with Crippen molar-refractivity contribution in [2.24, 2.45) is 0 Å². The van der Waals surface area contributed by atoms with Crippen molar-refractivity contribution in [1.82, 2.24) is 14.3 Å². The Bertz CT molecular complexity index is 1160. The summed E-state index contributed by atoms with van der Waals surface area (Å²) in [5.74, 6) is 1.59. The number of rotatable bonds is 4. The summed E-state index contributed by atoms with van der Waals surface area (Å²) < 4.78 is 27.4. The lowest BCUT2D eigenvalue weighted by Crippen LogP contribution is -2.49. The molecule has 0 spiro atoms. The second kappa shape index (κ2) is 8.16. The molecule has 0 radical (unpaired) electrons. The van der Waals surface area contributed by atoms with Crippen LogP contribution in [0.2, 0.25) is 0 Å². The van der Waals surface area contributed by atoms with Crippen molar-refractivity contribution < 1.29 is 8.42 Å². The first kappa shape index (κ1) is 20.5. The Morgan fingerprint density at radius 2 is 1.53 bits per heavy atom. The Labute approximate surface area is 178 Å². The molecule has 0 N–H and O–H groups in total. The smallest absolute Gasteiger partial charge is 0.243 e. The molecule has 2 aromatic carbocycles. The summed E-state index contributed by atoms with van der Waals surface area (Å²) in [4.78, 5) is 12.1. The first-order valence-corrected chi connectivity index (χ1v) is 11.5. The summed E-state index contributed by atoms with van der Waals surface area (Å²) >= 11 is 0. The van der Waals surface area contributed by atoms with Crippen molar-refractivity contribution in [3.63, 3.8) is 0 Å². The number of piperazine rings is 1. The highest BCUT2D eigenvalue weighted by Crippen LogP contribution is 2.27. The zero-order valence-electron chi connectivity index (χ0n) is 17.5. The van der Waals surface area contributed by atoms with E-state index in [0.29, 0.717) is 36.9 Å². The van der Waals surface area contributed by atoms with Crippen LogP contribution in [-0.4, -0.2) is 48.9 Å². The van der Waals surface area contributed by atoms with Crippen LogP contribution in [0.5, 0.6) is 0 Å². The van der Waals surface area contributed by atoms with E-state index in [1.807, 2.05) is 32.0 Å². The van der Waals surface area contributed by atoms with E-state index in [2.05, 4.69) is 28.9 Å². The molecule has 0 unspecified atom stereocenters. The van der Waals surface area contributed by atoms with Gasteiger partial charge >= 0.3 is 0 Å². The third-order valence-corrected chi connectivity index (χ3v) is 7.47. The summed E-state index contributed by atoms with van der Waals surface area (Å²) in [6.07, 6.45) is 0. The number of aromatic nitrogens is 2. The van der Waals surface area contributed by atoms with Gasteiger partial charge < -0.3 is 4.90 Å². The molecule has 1 aliphatic rings. The first-order chi connectivity index (χ1) is 14.4. The summed E-state index contributed by atoms with van der Waals surface area (Å²) in [6, 6.07) is 16.8. The van der Waals surface area contributed by atoms with Crippen molar-refractivity contribution in [2.75, 3.05) is 31.1 Å². The number of anilines is 1. The normalized spacial score (nSPS) is 15.4. The average Bonchev–Trinajstić information content (AvgIpc) is 2.76. The number of sulfonamides is 1. The SMILES string of the molecule is Cc1cccc(-c2nc(C)c(C)c(N3CCN(S(=O)(=O)c4ccccc4)CC3)n2)c1. The maximum Gasteiger partial charge on any atom is 0.243 e. The van der Waals surface area contributed by atoms with Gasteiger partial charge in [0.25, 0.3) is 0 Å². The van der Waals surface area contributed by atoms with E-state index >= 15 is 0 Å². The van der Waals surface area contributed by atoms with Crippen molar-refractivity contribution in [3.8, 4) is 11.4 Å². The van der Waals surface area contributed by atoms with Crippen molar-refractivity contribution in [3.05, 3.63) is 71.4 Å². The minimum absolute atomic E-state index is 0.342. The van der Waals surface area contributed by atoms with Gasteiger partial charge in [-0.15, -0.1) is 0 Å². The Kier molecular flexibility index (Phi) is 5.58. The molecule has 1 fully saturated rings. The number of hydrogen-bond donors (Lipinski definition) is 0. The summed E-state index contributed by atoms with van der Waals surface area (Å²) in [5.41, 5.74) is 4.13. The molecule has 6 nitrogen and oxygen atoms in total. The molecule has 2 heterocycles. The van der Waals surface area contributed by atoms with E-state index in [9.17, 15) is 8.42 Å². The minimum atomic E-state index is -3.47. The number of aryl methyl sites for hydroxylation is 2. The van der Waals surface area contributed by atoms with Gasteiger partial charge in [-0.25, -0.2) is 18.4 Å². The average molecular weight is 423 g/mol. The van der Waals surface area contributed by atoms with E-state index in [1.165, 1.54) is 0 Å². The molecule has 3 aromatic rings. The maximum atomic E-state index is 12.9. The quantitative estimate of drug-likeness (QED) is 0.643. The zero-order chi connectivity index (χ0) is 21.3. The fourth-order valence-corrected chi connectivity index (χ4v) is 5.16. The number of benzene rings is 2. The molecule has 7 heteroatoms. The Hall–Kier alpha value is -2.77. The fraction of sp³-hybridized carbons (Fsp3) is 0.304. The molecular weight excluding hydrogens is 396 g/mol. The third kappa shape index (κ3) is 3.95. The molecule has 4 rings (SSSR count). The van der Waals surface area contributed by atoms with E-state index in [1.54, 1.807) is 28.6 Å². The predicted octanol–water partition coefficient (Wildman–Crippen LogP) is 3.58. The molecule has 0 atom stereocenters. The topological polar surface area (TPSA) is 66.4 Å². The standard InChI is InChI=1S/C23H26N4O2S/c1-17-8-7-9-20(16-17)22-24-19(3)18(2)23(25-22)26-12-14-27(15-13-26)30(28,29)21-10-5-4-6-11-21/h4-11,16H,12-15H2,1-3H3. The van der Waals surface area contributed by atoms with Gasteiger partial charge in [-0.05, 0) is 39.0 Å². The van der Waals surface area contributed by atoms with Gasteiger partial charge in [0.2, 0.25) is 10.0 Å². The van der Waals surface area contributed by atoms with Gasteiger partial charge in [-0.2, -0.15) is 4.31 Å². The zero-order valence-corrected chi connectivity index (χ0v) is 18.4. The van der Waals surface area contributed by atoms with Gasteiger partial charge in [-0.3, -0.25) is 0 Å². The molecule has 0 aliphatic carbocycles. The van der Waals surface area contributed by atoms with Crippen LogP contribution in [0.3, 0.4) is 0 Å².